The van der Waals surface area contributed by atoms with Gasteiger partial charge in [-0.05, 0) is 32.9 Å². The van der Waals surface area contributed by atoms with Gasteiger partial charge in [-0.1, -0.05) is 20.3 Å². The van der Waals surface area contributed by atoms with Crippen molar-refractivity contribution in [3.8, 4) is 0 Å². The fraction of sp³-hybridized carbons (Fsp3) is 0.941. The van der Waals surface area contributed by atoms with E-state index in [9.17, 15) is 4.79 Å². The first kappa shape index (κ1) is 19.6. The van der Waals surface area contributed by atoms with Crippen LogP contribution in [0.15, 0.2) is 0 Å². The molecule has 0 aromatic heterocycles. The zero-order chi connectivity index (χ0) is 17.5. The molecule has 1 N–H and O–H groups in total. The van der Waals surface area contributed by atoms with Crippen LogP contribution in [-0.4, -0.2) is 48.6 Å². The number of nitrogens with zero attached hydrogens (tertiary/aromatic N) is 1. The maximum absolute atomic E-state index is 12.0. The van der Waals surface area contributed by atoms with Crippen LogP contribution in [0.2, 0.25) is 0 Å². The lowest BCUT2D eigenvalue weighted by Gasteiger charge is -2.43. The van der Waals surface area contributed by atoms with Crippen molar-refractivity contribution in [2.45, 2.75) is 77.3 Å². The van der Waals surface area contributed by atoms with Crippen molar-refractivity contribution in [1.82, 2.24) is 10.2 Å². The number of rotatable bonds is 8. The highest BCUT2D eigenvalue weighted by Crippen LogP contribution is 2.40. The van der Waals surface area contributed by atoms with Gasteiger partial charge in [-0.3, -0.25) is 4.79 Å². The second-order valence-corrected chi connectivity index (χ2v) is 6.82. The molecule has 1 amide bonds. The number of hydrogen-bond acceptors (Lipinski definition) is 6. The summed E-state index contributed by atoms with van der Waals surface area (Å²) < 4.78 is 0. The Morgan fingerprint density at radius 2 is 1.67 bits per heavy atom. The second kappa shape index (κ2) is 9.10. The summed E-state index contributed by atoms with van der Waals surface area (Å²) >= 11 is 0. The molecule has 0 aromatic carbocycles. The second-order valence-electron chi connectivity index (χ2n) is 6.82. The highest BCUT2D eigenvalue weighted by atomic mass is 17.4. The topological polar surface area (TPSA) is 69.3 Å². The normalized spacial score (nSPS) is 22.7. The average Bonchev–Trinajstić information content (AvgIpc) is 2.61. The van der Waals surface area contributed by atoms with Gasteiger partial charge in [0.05, 0.1) is 0 Å². The predicted molar refractivity (Wildman–Crippen MR) is 88.6 cm³/mol. The van der Waals surface area contributed by atoms with E-state index >= 15 is 0 Å². The minimum Gasteiger partial charge on any atom is -0.355 e. The molecule has 1 spiro atoms. The Hall–Kier alpha value is -0.730. The molecule has 1 heterocycles. The summed E-state index contributed by atoms with van der Waals surface area (Å²) in [5, 5.41) is 2.92. The number of carbonyl (C=O) groups is 1. The quantitative estimate of drug-likeness (QED) is 0.682. The van der Waals surface area contributed by atoms with Crippen LogP contribution in [-0.2, 0) is 24.3 Å². The molecule has 1 saturated carbocycles. The Labute approximate surface area is 144 Å². The summed E-state index contributed by atoms with van der Waals surface area (Å²) in [5.41, 5.74) is 0. The zero-order valence-corrected chi connectivity index (χ0v) is 15.3. The van der Waals surface area contributed by atoms with Crippen LogP contribution in [0.25, 0.3) is 0 Å². The van der Waals surface area contributed by atoms with Crippen LogP contribution < -0.4 is 5.32 Å². The van der Waals surface area contributed by atoms with E-state index in [1.807, 2.05) is 0 Å². The summed E-state index contributed by atoms with van der Waals surface area (Å²) in [6.45, 7) is 9.44. The molecule has 1 aliphatic heterocycles. The first-order valence-corrected chi connectivity index (χ1v) is 9.23. The molecule has 1 saturated heterocycles. The molecule has 2 rings (SSSR count). The van der Waals surface area contributed by atoms with Gasteiger partial charge < -0.3 is 10.2 Å². The summed E-state index contributed by atoms with van der Waals surface area (Å²) in [6.07, 6.45) is 5.48. The molecule has 0 radical (unpaired) electrons. The summed E-state index contributed by atoms with van der Waals surface area (Å²) in [5.74, 6) is -1.82. The molecule has 0 unspecified atom stereocenters. The Bertz CT molecular complexity index is 384. The molecule has 0 aromatic rings. The predicted octanol–water partition coefficient (Wildman–Crippen LogP) is 2.51. The fourth-order valence-electron chi connectivity index (χ4n) is 3.02. The highest BCUT2D eigenvalue weighted by molar-refractivity contribution is 5.75. The van der Waals surface area contributed by atoms with E-state index in [1.165, 1.54) is 6.42 Å². The monoisotopic (exact) mass is 344 g/mol. The van der Waals surface area contributed by atoms with Gasteiger partial charge in [-0.15, -0.1) is 0 Å². The standard InChI is InChI=1S/C17H32N2O5/c1-4-19(5-2)14-13-18-15(20)9-12-16(3)21-23-17(24-22-16)10-7-6-8-11-17/h4-14H2,1-3H3,(H,18,20). The minimum atomic E-state index is -1.04. The lowest BCUT2D eigenvalue weighted by molar-refractivity contribution is -0.657. The van der Waals surface area contributed by atoms with Crippen LogP contribution in [0.4, 0.5) is 0 Å². The molecule has 2 aliphatic rings. The maximum Gasteiger partial charge on any atom is 0.234 e. The number of carbonyl (C=O) groups excluding carboxylic acids is 1. The molecule has 24 heavy (non-hydrogen) atoms. The SMILES string of the molecule is CCN(CC)CCNC(=O)CCC1(C)OOC2(CCCCC2)OO1. The number of hydrogen-bond donors (Lipinski definition) is 1. The van der Waals surface area contributed by atoms with Gasteiger partial charge in [0.1, 0.15) is 0 Å². The van der Waals surface area contributed by atoms with E-state index in [4.69, 9.17) is 19.6 Å². The summed E-state index contributed by atoms with van der Waals surface area (Å²) in [4.78, 5) is 36.1. The molecule has 0 bridgehead atoms. The Morgan fingerprint density at radius 1 is 1.04 bits per heavy atom. The van der Waals surface area contributed by atoms with E-state index in [-0.39, 0.29) is 5.91 Å². The van der Waals surface area contributed by atoms with Crippen molar-refractivity contribution in [3.05, 3.63) is 0 Å². The van der Waals surface area contributed by atoms with Crippen LogP contribution in [0.1, 0.15) is 65.7 Å². The van der Waals surface area contributed by atoms with E-state index in [2.05, 4.69) is 24.1 Å². The Balaban J connectivity index is 1.65. The first-order chi connectivity index (χ1) is 11.5. The van der Waals surface area contributed by atoms with Gasteiger partial charge in [-0.2, -0.15) is 19.6 Å². The molecule has 140 valence electrons. The molecular formula is C17H32N2O5. The highest BCUT2D eigenvalue weighted by Gasteiger charge is 2.47. The van der Waals surface area contributed by atoms with E-state index in [0.717, 1.165) is 45.3 Å². The van der Waals surface area contributed by atoms with Gasteiger partial charge in [-0.25, -0.2) is 0 Å². The lowest BCUT2D eigenvalue weighted by Crippen LogP contribution is -2.50. The third-order valence-corrected chi connectivity index (χ3v) is 4.81. The van der Waals surface area contributed by atoms with Gasteiger partial charge in [0.15, 0.2) is 0 Å². The lowest BCUT2D eigenvalue weighted by atomic mass is 9.94. The first-order valence-electron chi connectivity index (χ1n) is 9.23. The Morgan fingerprint density at radius 3 is 2.25 bits per heavy atom. The molecular weight excluding hydrogens is 312 g/mol. The summed E-state index contributed by atoms with van der Waals surface area (Å²) in [7, 11) is 0. The molecule has 1 aliphatic carbocycles. The van der Waals surface area contributed by atoms with E-state index in [1.54, 1.807) is 6.92 Å². The molecule has 7 nitrogen and oxygen atoms in total. The van der Waals surface area contributed by atoms with Crippen molar-refractivity contribution < 1.29 is 24.3 Å². The minimum absolute atomic E-state index is 0.0199. The third kappa shape index (κ3) is 5.67. The van der Waals surface area contributed by atoms with Crippen molar-refractivity contribution in [2.24, 2.45) is 0 Å². The van der Waals surface area contributed by atoms with Gasteiger partial charge >= 0.3 is 0 Å². The van der Waals surface area contributed by atoms with Crippen LogP contribution >= 0.6 is 0 Å². The molecule has 2 fully saturated rings. The van der Waals surface area contributed by atoms with Gasteiger partial charge in [0.2, 0.25) is 17.5 Å². The van der Waals surface area contributed by atoms with E-state index in [0.29, 0.717) is 19.4 Å². The van der Waals surface area contributed by atoms with E-state index < -0.39 is 11.6 Å². The van der Waals surface area contributed by atoms with Crippen molar-refractivity contribution in [3.63, 3.8) is 0 Å². The van der Waals surface area contributed by atoms with Crippen molar-refractivity contribution in [1.29, 1.82) is 0 Å². The van der Waals surface area contributed by atoms with Gasteiger partial charge in [0.25, 0.3) is 0 Å². The third-order valence-electron chi connectivity index (χ3n) is 4.81. The smallest absolute Gasteiger partial charge is 0.234 e. The maximum atomic E-state index is 12.0. The number of nitrogens with one attached hydrogen (secondary N) is 1. The zero-order valence-electron chi connectivity index (χ0n) is 15.3. The Kier molecular flexibility index (Phi) is 7.43. The molecule has 0 atom stereocenters. The number of amides is 1. The van der Waals surface area contributed by atoms with Gasteiger partial charge in [0, 0.05) is 38.8 Å². The van der Waals surface area contributed by atoms with Crippen LogP contribution in [0.3, 0.4) is 0 Å². The van der Waals surface area contributed by atoms with Crippen LogP contribution in [0, 0.1) is 0 Å². The van der Waals surface area contributed by atoms with Crippen LogP contribution in [0.5, 0.6) is 0 Å². The molecule has 7 heteroatoms. The fourth-order valence-corrected chi connectivity index (χ4v) is 3.02. The largest absolute Gasteiger partial charge is 0.355 e. The number of likely N-dealkylation sites (N-methyl/N-ethyl adjacent to an activating group) is 1. The van der Waals surface area contributed by atoms with Crippen molar-refractivity contribution in [2.75, 3.05) is 26.2 Å². The average molecular weight is 344 g/mol. The van der Waals surface area contributed by atoms with Crippen molar-refractivity contribution >= 4 is 5.91 Å². The summed E-state index contributed by atoms with van der Waals surface area (Å²) in [6, 6.07) is 0.